The summed E-state index contributed by atoms with van der Waals surface area (Å²) in [6.45, 7) is 4.88. The van der Waals surface area contributed by atoms with Crippen LogP contribution in [0.3, 0.4) is 0 Å². The fourth-order valence-electron chi connectivity index (χ4n) is 2.74. The summed E-state index contributed by atoms with van der Waals surface area (Å²) < 4.78 is 13.6. The molecule has 5 heteroatoms. The van der Waals surface area contributed by atoms with Crippen LogP contribution in [0.1, 0.15) is 36.3 Å². The van der Waals surface area contributed by atoms with Gasteiger partial charge in [-0.1, -0.05) is 24.3 Å². The van der Waals surface area contributed by atoms with Gasteiger partial charge in [0.25, 0.3) is 0 Å². The predicted octanol–water partition coefficient (Wildman–Crippen LogP) is 3.98. The molecule has 1 aromatic heterocycles. The smallest absolute Gasteiger partial charge is 0.150 e. The van der Waals surface area contributed by atoms with Crippen LogP contribution in [0.25, 0.3) is 11.0 Å². The van der Waals surface area contributed by atoms with Gasteiger partial charge in [0.15, 0.2) is 0 Å². The summed E-state index contributed by atoms with van der Waals surface area (Å²) in [5.74, 6) is 1.43. The van der Waals surface area contributed by atoms with Gasteiger partial charge in [-0.25, -0.2) is 4.98 Å². The summed E-state index contributed by atoms with van der Waals surface area (Å²) in [4.78, 5) is 15.5. The Bertz CT molecular complexity index is 841. The van der Waals surface area contributed by atoms with Crippen LogP contribution in [0.2, 0.25) is 0 Å². The monoisotopic (exact) mass is 324 g/mol. The lowest BCUT2D eigenvalue weighted by molar-refractivity contribution is 0.0238. The number of hydrogen-bond acceptors (Lipinski definition) is 4. The number of aromatic nitrogens is 2. The van der Waals surface area contributed by atoms with Crippen molar-refractivity contribution >= 4 is 17.3 Å². The van der Waals surface area contributed by atoms with E-state index in [4.69, 9.17) is 9.47 Å². The standard InChI is InChI=1S/C19H20N2O3/c1-3-23-14(2)21-18-10-5-4-9-17(18)20-19(21)13-24-16-8-6-7-15(11-16)12-22/h4-12,14H,3,13H2,1-2H3. The Labute approximate surface area is 140 Å². The number of ether oxygens (including phenoxy) is 2. The summed E-state index contributed by atoms with van der Waals surface area (Å²) in [6.07, 6.45) is 0.668. The van der Waals surface area contributed by atoms with Crippen molar-refractivity contribution in [2.75, 3.05) is 6.61 Å². The Morgan fingerprint density at radius 2 is 2.04 bits per heavy atom. The van der Waals surface area contributed by atoms with E-state index in [9.17, 15) is 4.79 Å². The molecule has 24 heavy (non-hydrogen) atoms. The second-order valence-electron chi connectivity index (χ2n) is 5.42. The van der Waals surface area contributed by atoms with Gasteiger partial charge in [0.05, 0.1) is 11.0 Å². The quantitative estimate of drug-likeness (QED) is 0.617. The molecule has 5 nitrogen and oxygen atoms in total. The Morgan fingerprint density at radius 3 is 2.83 bits per heavy atom. The molecule has 1 unspecified atom stereocenters. The van der Waals surface area contributed by atoms with E-state index in [0.29, 0.717) is 24.5 Å². The highest BCUT2D eigenvalue weighted by atomic mass is 16.5. The van der Waals surface area contributed by atoms with Crippen LogP contribution in [0.5, 0.6) is 5.75 Å². The Balaban J connectivity index is 1.90. The van der Waals surface area contributed by atoms with Crippen molar-refractivity contribution in [2.45, 2.75) is 26.7 Å². The zero-order valence-corrected chi connectivity index (χ0v) is 13.8. The van der Waals surface area contributed by atoms with Gasteiger partial charge in [0, 0.05) is 12.2 Å². The van der Waals surface area contributed by atoms with E-state index >= 15 is 0 Å². The second-order valence-corrected chi connectivity index (χ2v) is 5.42. The van der Waals surface area contributed by atoms with Crippen LogP contribution in [-0.4, -0.2) is 22.4 Å². The van der Waals surface area contributed by atoms with Crippen LogP contribution in [-0.2, 0) is 11.3 Å². The zero-order chi connectivity index (χ0) is 16.9. The van der Waals surface area contributed by atoms with Gasteiger partial charge in [-0.05, 0) is 38.1 Å². The van der Waals surface area contributed by atoms with E-state index < -0.39 is 0 Å². The number of benzene rings is 2. The average molecular weight is 324 g/mol. The van der Waals surface area contributed by atoms with Crippen molar-refractivity contribution in [2.24, 2.45) is 0 Å². The first-order valence-corrected chi connectivity index (χ1v) is 7.98. The van der Waals surface area contributed by atoms with Crippen LogP contribution < -0.4 is 4.74 Å². The molecule has 0 aliphatic heterocycles. The normalized spacial score (nSPS) is 12.2. The lowest BCUT2D eigenvalue weighted by Gasteiger charge is -2.17. The molecule has 0 radical (unpaired) electrons. The number of imidazole rings is 1. The maximum atomic E-state index is 10.9. The minimum absolute atomic E-state index is 0.137. The predicted molar refractivity (Wildman–Crippen MR) is 92.2 cm³/mol. The maximum Gasteiger partial charge on any atom is 0.150 e. The first-order chi connectivity index (χ1) is 11.7. The Hall–Kier alpha value is -2.66. The molecule has 3 aromatic rings. The second kappa shape index (κ2) is 7.27. The number of rotatable bonds is 7. The van der Waals surface area contributed by atoms with E-state index in [1.165, 1.54) is 0 Å². The molecule has 0 bridgehead atoms. The number of aldehydes is 1. The van der Waals surface area contributed by atoms with Crippen LogP contribution in [0, 0.1) is 0 Å². The minimum Gasteiger partial charge on any atom is -0.486 e. The first-order valence-electron chi connectivity index (χ1n) is 7.98. The molecule has 0 saturated heterocycles. The average Bonchev–Trinajstić information content (AvgIpc) is 2.99. The molecule has 0 spiro atoms. The molecule has 0 fully saturated rings. The van der Waals surface area contributed by atoms with Crippen LogP contribution >= 0.6 is 0 Å². The van der Waals surface area contributed by atoms with Crippen molar-refractivity contribution < 1.29 is 14.3 Å². The molecule has 0 N–H and O–H groups in total. The molecule has 0 aliphatic rings. The van der Waals surface area contributed by atoms with Gasteiger partial charge >= 0.3 is 0 Å². The maximum absolute atomic E-state index is 10.9. The van der Waals surface area contributed by atoms with Crippen molar-refractivity contribution in [1.82, 2.24) is 9.55 Å². The molecule has 2 aromatic carbocycles. The van der Waals surface area contributed by atoms with E-state index in [0.717, 1.165) is 23.1 Å². The molecule has 1 atom stereocenters. The van der Waals surface area contributed by atoms with Gasteiger partial charge in [-0.2, -0.15) is 0 Å². The lowest BCUT2D eigenvalue weighted by Crippen LogP contribution is -2.14. The van der Waals surface area contributed by atoms with Gasteiger partial charge in [-0.3, -0.25) is 9.36 Å². The topological polar surface area (TPSA) is 53.4 Å². The van der Waals surface area contributed by atoms with Crippen molar-refractivity contribution in [1.29, 1.82) is 0 Å². The molecule has 0 saturated carbocycles. The lowest BCUT2D eigenvalue weighted by atomic mass is 10.2. The van der Waals surface area contributed by atoms with E-state index in [-0.39, 0.29) is 6.23 Å². The molecule has 1 heterocycles. The molecular weight excluding hydrogens is 304 g/mol. The number of para-hydroxylation sites is 2. The highest BCUT2D eigenvalue weighted by molar-refractivity contribution is 5.76. The number of carbonyl (C=O) groups is 1. The van der Waals surface area contributed by atoms with Crippen LogP contribution in [0.15, 0.2) is 48.5 Å². The fraction of sp³-hybridized carbons (Fsp3) is 0.263. The molecule has 0 amide bonds. The number of hydrogen-bond donors (Lipinski definition) is 0. The largest absolute Gasteiger partial charge is 0.486 e. The highest BCUT2D eigenvalue weighted by Gasteiger charge is 2.16. The summed E-state index contributed by atoms with van der Waals surface area (Å²) in [5.41, 5.74) is 2.51. The molecule has 0 aliphatic carbocycles. The summed E-state index contributed by atoms with van der Waals surface area (Å²) in [5, 5.41) is 0. The molecule has 124 valence electrons. The van der Waals surface area contributed by atoms with E-state index in [1.54, 1.807) is 18.2 Å². The zero-order valence-electron chi connectivity index (χ0n) is 13.8. The van der Waals surface area contributed by atoms with Gasteiger partial charge in [-0.15, -0.1) is 0 Å². The number of fused-ring (bicyclic) bond motifs is 1. The fourth-order valence-corrected chi connectivity index (χ4v) is 2.74. The third kappa shape index (κ3) is 3.31. The summed E-state index contributed by atoms with van der Waals surface area (Å²) >= 11 is 0. The molecule has 3 rings (SSSR count). The minimum atomic E-state index is -0.137. The van der Waals surface area contributed by atoms with Crippen molar-refractivity contribution in [3.8, 4) is 5.75 Å². The third-order valence-electron chi connectivity index (χ3n) is 3.80. The number of carbonyl (C=O) groups excluding carboxylic acids is 1. The molecular formula is C19H20N2O3. The SMILES string of the molecule is CCOC(C)n1c(COc2cccc(C=O)c2)nc2ccccc21. The van der Waals surface area contributed by atoms with E-state index in [2.05, 4.69) is 4.98 Å². The Kier molecular flexibility index (Phi) is 4.91. The van der Waals surface area contributed by atoms with E-state index in [1.807, 2.05) is 48.7 Å². The van der Waals surface area contributed by atoms with Gasteiger partial charge in [0.2, 0.25) is 0 Å². The van der Waals surface area contributed by atoms with Crippen molar-refractivity contribution in [3.63, 3.8) is 0 Å². The highest BCUT2D eigenvalue weighted by Crippen LogP contribution is 2.23. The van der Waals surface area contributed by atoms with Gasteiger partial charge < -0.3 is 9.47 Å². The Morgan fingerprint density at radius 1 is 1.21 bits per heavy atom. The van der Waals surface area contributed by atoms with Crippen molar-refractivity contribution in [3.05, 3.63) is 59.9 Å². The third-order valence-corrected chi connectivity index (χ3v) is 3.80. The van der Waals surface area contributed by atoms with Crippen LogP contribution in [0.4, 0.5) is 0 Å². The first kappa shape index (κ1) is 16.2. The summed E-state index contributed by atoms with van der Waals surface area (Å²) in [6, 6.07) is 15.0. The van der Waals surface area contributed by atoms with Gasteiger partial charge in [0.1, 0.15) is 30.7 Å². The number of nitrogens with zero attached hydrogens (tertiary/aromatic N) is 2. The summed E-state index contributed by atoms with van der Waals surface area (Å²) in [7, 11) is 0.